The SMILES string of the molecule is CCC(CC)N(CCOC)c1cncc(CCl)n1. The van der Waals surface area contributed by atoms with Crippen LogP contribution in [0.1, 0.15) is 32.4 Å². The number of halogens is 1. The second-order valence-electron chi connectivity index (χ2n) is 4.16. The summed E-state index contributed by atoms with van der Waals surface area (Å²) >= 11 is 5.81. The van der Waals surface area contributed by atoms with E-state index in [9.17, 15) is 0 Å². The Labute approximate surface area is 114 Å². The van der Waals surface area contributed by atoms with E-state index in [-0.39, 0.29) is 0 Å². The van der Waals surface area contributed by atoms with Crippen LogP contribution in [0.4, 0.5) is 5.82 Å². The molecule has 0 bridgehead atoms. The minimum atomic E-state index is 0.391. The average molecular weight is 272 g/mol. The van der Waals surface area contributed by atoms with Gasteiger partial charge in [0.05, 0.1) is 24.4 Å². The van der Waals surface area contributed by atoms with Gasteiger partial charge in [-0.15, -0.1) is 11.6 Å². The molecule has 0 aliphatic carbocycles. The van der Waals surface area contributed by atoms with Gasteiger partial charge >= 0.3 is 0 Å². The van der Waals surface area contributed by atoms with Crippen LogP contribution in [0.15, 0.2) is 12.4 Å². The summed E-state index contributed by atoms with van der Waals surface area (Å²) in [6.07, 6.45) is 5.65. The molecule has 1 aromatic rings. The van der Waals surface area contributed by atoms with Crippen molar-refractivity contribution in [1.29, 1.82) is 0 Å². The van der Waals surface area contributed by atoms with Gasteiger partial charge in [0, 0.05) is 25.9 Å². The number of alkyl halides is 1. The predicted molar refractivity (Wildman–Crippen MR) is 75.2 cm³/mol. The van der Waals surface area contributed by atoms with Crippen molar-refractivity contribution in [3.05, 3.63) is 18.1 Å². The van der Waals surface area contributed by atoms with Gasteiger partial charge in [0.15, 0.2) is 0 Å². The Bertz CT molecular complexity index is 345. The molecule has 0 radical (unpaired) electrons. The molecule has 4 nitrogen and oxygen atoms in total. The Hall–Kier alpha value is -0.870. The van der Waals surface area contributed by atoms with Crippen LogP contribution >= 0.6 is 11.6 Å². The second kappa shape index (κ2) is 8.27. The van der Waals surface area contributed by atoms with E-state index in [1.165, 1.54) is 0 Å². The Morgan fingerprint density at radius 2 is 2.06 bits per heavy atom. The quantitative estimate of drug-likeness (QED) is 0.682. The van der Waals surface area contributed by atoms with Crippen LogP contribution in [-0.4, -0.2) is 36.3 Å². The summed E-state index contributed by atoms with van der Waals surface area (Å²) in [7, 11) is 1.71. The highest BCUT2D eigenvalue weighted by Crippen LogP contribution is 2.18. The minimum Gasteiger partial charge on any atom is -0.383 e. The van der Waals surface area contributed by atoms with Crippen molar-refractivity contribution in [2.24, 2.45) is 0 Å². The summed E-state index contributed by atoms with van der Waals surface area (Å²) in [4.78, 5) is 11.0. The van der Waals surface area contributed by atoms with Gasteiger partial charge in [0.25, 0.3) is 0 Å². The maximum Gasteiger partial charge on any atom is 0.147 e. The Morgan fingerprint density at radius 3 is 2.61 bits per heavy atom. The molecule has 0 saturated heterocycles. The molecular formula is C13H22ClN3O. The smallest absolute Gasteiger partial charge is 0.147 e. The molecule has 102 valence electrons. The first-order valence-electron chi connectivity index (χ1n) is 6.39. The van der Waals surface area contributed by atoms with E-state index in [4.69, 9.17) is 16.3 Å². The van der Waals surface area contributed by atoms with Gasteiger partial charge in [0.2, 0.25) is 0 Å². The summed E-state index contributed by atoms with van der Waals surface area (Å²) in [5.74, 6) is 1.28. The second-order valence-corrected chi connectivity index (χ2v) is 4.43. The van der Waals surface area contributed by atoms with Gasteiger partial charge in [-0.1, -0.05) is 13.8 Å². The van der Waals surface area contributed by atoms with Crippen LogP contribution in [0.25, 0.3) is 0 Å². The van der Waals surface area contributed by atoms with E-state index in [1.807, 2.05) is 0 Å². The molecular weight excluding hydrogens is 250 g/mol. The standard InChI is InChI=1S/C13H22ClN3O/c1-4-12(5-2)17(6-7-18-3)13-10-15-9-11(8-14)16-13/h9-10,12H,4-8H2,1-3H3. The van der Waals surface area contributed by atoms with Crippen LogP contribution in [0.2, 0.25) is 0 Å². The third kappa shape index (κ3) is 4.10. The first-order valence-corrected chi connectivity index (χ1v) is 6.92. The highest BCUT2D eigenvalue weighted by molar-refractivity contribution is 6.16. The summed E-state index contributed by atoms with van der Waals surface area (Å²) in [5.41, 5.74) is 0.808. The molecule has 0 spiro atoms. The molecule has 0 atom stereocenters. The molecule has 18 heavy (non-hydrogen) atoms. The first kappa shape index (κ1) is 15.2. The lowest BCUT2D eigenvalue weighted by atomic mass is 10.1. The van der Waals surface area contributed by atoms with Gasteiger partial charge in [-0.2, -0.15) is 0 Å². The maximum atomic E-state index is 5.81. The fourth-order valence-electron chi connectivity index (χ4n) is 2.00. The summed E-state index contributed by atoms with van der Waals surface area (Å²) in [6, 6.07) is 0.458. The summed E-state index contributed by atoms with van der Waals surface area (Å²) in [5, 5.41) is 0. The number of aromatic nitrogens is 2. The zero-order valence-corrected chi connectivity index (χ0v) is 12.2. The van der Waals surface area contributed by atoms with E-state index in [0.29, 0.717) is 18.5 Å². The zero-order valence-electron chi connectivity index (χ0n) is 11.4. The van der Waals surface area contributed by atoms with Gasteiger partial charge in [-0.3, -0.25) is 4.98 Å². The van der Waals surface area contributed by atoms with E-state index in [0.717, 1.165) is 30.9 Å². The van der Waals surface area contributed by atoms with E-state index in [1.54, 1.807) is 19.5 Å². The molecule has 0 aromatic carbocycles. The van der Waals surface area contributed by atoms with Gasteiger partial charge in [0.1, 0.15) is 5.82 Å². The monoisotopic (exact) mass is 271 g/mol. The number of ether oxygens (including phenoxy) is 1. The van der Waals surface area contributed by atoms with Gasteiger partial charge in [-0.05, 0) is 12.8 Å². The predicted octanol–water partition coefficient (Wildman–Crippen LogP) is 2.86. The zero-order chi connectivity index (χ0) is 13.4. The minimum absolute atomic E-state index is 0.391. The number of hydrogen-bond donors (Lipinski definition) is 0. The van der Waals surface area contributed by atoms with Crippen molar-refractivity contribution in [3.8, 4) is 0 Å². The summed E-state index contributed by atoms with van der Waals surface area (Å²) < 4.78 is 5.17. The first-order chi connectivity index (χ1) is 8.76. The lowest BCUT2D eigenvalue weighted by Crippen LogP contribution is -2.37. The maximum absolute atomic E-state index is 5.81. The molecule has 1 rings (SSSR count). The van der Waals surface area contributed by atoms with Crippen LogP contribution in [0.5, 0.6) is 0 Å². The average Bonchev–Trinajstić information content (AvgIpc) is 2.43. The number of hydrogen-bond acceptors (Lipinski definition) is 4. The van der Waals surface area contributed by atoms with Crippen LogP contribution in [-0.2, 0) is 10.6 Å². The van der Waals surface area contributed by atoms with E-state index < -0.39 is 0 Å². The van der Waals surface area contributed by atoms with Crippen molar-refractivity contribution < 1.29 is 4.74 Å². The van der Waals surface area contributed by atoms with Crippen molar-refractivity contribution in [2.75, 3.05) is 25.2 Å². The molecule has 5 heteroatoms. The van der Waals surface area contributed by atoms with Crippen molar-refractivity contribution in [2.45, 2.75) is 38.6 Å². The number of anilines is 1. The topological polar surface area (TPSA) is 38.2 Å². The highest BCUT2D eigenvalue weighted by Gasteiger charge is 2.17. The molecule has 0 saturated carbocycles. The molecule has 1 heterocycles. The molecule has 0 fully saturated rings. The molecule has 0 aliphatic heterocycles. The highest BCUT2D eigenvalue weighted by atomic mass is 35.5. The van der Waals surface area contributed by atoms with Crippen molar-refractivity contribution in [1.82, 2.24) is 9.97 Å². The molecule has 1 aromatic heterocycles. The van der Waals surface area contributed by atoms with Crippen molar-refractivity contribution in [3.63, 3.8) is 0 Å². The van der Waals surface area contributed by atoms with E-state index >= 15 is 0 Å². The third-order valence-corrected chi connectivity index (χ3v) is 3.30. The van der Waals surface area contributed by atoms with Crippen LogP contribution < -0.4 is 4.90 Å². The number of nitrogens with zero attached hydrogens (tertiary/aromatic N) is 3. The van der Waals surface area contributed by atoms with E-state index in [2.05, 4.69) is 28.7 Å². The van der Waals surface area contributed by atoms with Crippen LogP contribution in [0, 0.1) is 0 Å². The lowest BCUT2D eigenvalue weighted by Gasteiger charge is -2.31. The molecule has 0 N–H and O–H groups in total. The lowest BCUT2D eigenvalue weighted by molar-refractivity contribution is 0.202. The fourth-order valence-corrected chi connectivity index (χ4v) is 2.13. The Kier molecular flexibility index (Phi) is 6.98. The fraction of sp³-hybridized carbons (Fsp3) is 0.692. The number of methoxy groups -OCH3 is 1. The van der Waals surface area contributed by atoms with Gasteiger partial charge in [-0.25, -0.2) is 4.98 Å². The molecule has 0 amide bonds. The Balaban J connectivity index is 2.92. The van der Waals surface area contributed by atoms with Crippen molar-refractivity contribution >= 4 is 17.4 Å². The van der Waals surface area contributed by atoms with Crippen LogP contribution in [0.3, 0.4) is 0 Å². The third-order valence-electron chi connectivity index (χ3n) is 3.02. The summed E-state index contributed by atoms with van der Waals surface area (Å²) in [6.45, 7) is 5.88. The molecule has 0 aliphatic rings. The Morgan fingerprint density at radius 1 is 1.33 bits per heavy atom. The number of rotatable bonds is 8. The molecule has 0 unspecified atom stereocenters. The largest absolute Gasteiger partial charge is 0.383 e. The van der Waals surface area contributed by atoms with Gasteiger partial charge < -0.3 is 9.64 Å². The normalized spacial score (nSPS) is 10.9.